The molecule has 1 heteroatoms. The van der Waals surface area contributed by atoms with E-state index in [1.54, 1.807) is 7.11 Å². The Morgan fingerprint density at radius 1 is 1.38 bits per heavy atom. The molecule has 1 nitrogen and oxygen atoms in total. The van der Waals surface area contributed by atoms with Crippen molar-refractivity contribution >= 4 is 0 Å². The number of rotatable bonds is 4. The van der Waals surface area contributed by atoms with Gasteiger partial charge < -0.3 is 4.74 Å². The van der Waals surface area contributed by atoms with Crippen LogP contribution in [0.15, 0.2) is 36.4 Å². The third-order valence-corrected chi connectivity index (χ3v) is 3.29. The lowest BCUT2D eigenvalue weighted by molar-refractivity contribution is 0.414. The van der Waals surface area contributed by atoms with Gasteiger partial charge >= 0.3 is 0 Å². The minimum atomic E-state index is 0.792. The molecule has 1 aliphatic carbocycles. The summed E-state index contributed by atoms with van der Waals surface area (Å²) in [6, 6.07) is 8.41. The SMILES string of the molecule is COc1cccc(CCC2C=CCCC2)c1. The highest BCUT2D eigenvalue weighted by molar-refractivity contribution is 5.28. The fraction of sp³-hybridized carbons (Fsp3) is 0.467. The topological polar surface area (TPSA) is 9.23 Å². The monoisotopic (exact) mass is 216 g/mol. The van der Waals surface area contributed by atoms with E-state index in [1.807, 2.05) is 6.07 Å². The van der Waals surface area contributed by atoms with E-state index >= 15 is 0 Å². The molecule has 0 spiro atoms. The second-order valence-electron chi connectivity index (χ2n) is 4.51. The maximum absolute atomic E-state index is 5.23. The van der Waals surface area contributed by atoms with Crippen LogP contribution in [0.5, 0.6) is 5.75 Å². The molecular formula is C15H20O. The molecule has 0 amide bonds. The summed E-state index contributed by atoms with van der Waals surface area (Å²) in [6.45, 7) is 0. The molecule has 0 bridgehead atoms. The molecule has 0 N–H and O–H groups in total. The zero-order valence-corrected chi connectivity index (χ0v) is 9.99. The lowest BCUT2D eigenvalue weighted by Crippen LogP contribution is -2.02. The smallest absolute Gasteiger partial charge is 0.119 e. The number of ether oxygens (including phenoxy) is 1. The Labute approximate surface area is 98.1 Å². The molecular weight excluding hydrogens is 196 g/mol. The van der Waals surface area contributed by atoms with Crippen molar-refractivity contribution < 1.29 is 4.74 Å². The van der Waals surface area contributed by atoms with Gasteiger partial charge in [-0.05, 0) is 55.7 Å². The lowest BCUT2D eigenvalue weighted by atomic mass is 9.90. The van der Waals surface area contributed by atoms with Crippen LogP contribution in [-0.4, -0.2) is 7.11 Å². The fourth-order valence-corrected chi connectivity index (χ4v) is 2.30. The highest BCUT2D eigenvalue weighted by Crippen LogP contribution is 2.23. The van der Waals surface area contributed by atoms with E-state index in [4.69, 9.17) is 4.74 Å². The summed E-state index contributed by atoms with van der Waals surface area (Å²) < 4.78 is 5.23. The van der Waals surface area contributed by atoms with Crippen LogP contribution in [-0.2, 0) is 6.42 Å². The summed E-state index contributed by atoms with van der Waals surface area (Å²) in [6.07, 6.45) is 11.1. The van der Waals surface area contributed by atoms with E-state index in [1.165, 1.54) is 31.2 Å². The first-order valence-corrected chi connectivity index (χ1v) is 6.18. The normalized spacial score (nSPS) is 19.7. The summed E-state index contributed by atoms with van der Waals surface area (Å²) >= 11 is 0. The van der Waals surface area contributed by atoms with Crippen molar-refractivity contribution in [3.05, 3.63) is 42.0 Å². The van der Waals surface area contributed by atoms with Crippen LogP contribution in [0.4, 0.5) is 0 Å². The van der Waals surface area contributed by atoms with Gasteiger partial charge in [-0.1, -0.05) is 24.3 Å². The van der Waals surface area contributed by atoms with Gasteiger partial charge in [0.25, 0.3) is 0 Å². The second-order valence-corrected chi connectivity index (χ2v) is 4.51. The number of allylic oxidation sites excluding steroid dienone is 2. The maximum atomic E-state index is 5.23. The molecule has 0 heterocycles. The molecule has 0 saturated heterocycles. The zero-order valence-electron chi connectivity index (χ0n) is 9.99. The van der Waals surface area contributed by atoms with E-state index < -0.39 is 0 Å². The Morgan fingerprint density at radius 3 is 3.06 bits per heavy atom. The molecule has 1 aliphatic rings. The van der Waals surface area contributed by atoms with Crippen molar-refractivity contribution in [1.82, 2.24) is 0 Å². The number of hydrogen-bond acceptors (Lipinski definition) is 1. The molecule has 1 unspecified atom stereocenters. The fourth-order valence-electron chi connectivity index (χ4n) is 2.30. The molecule has 86 valence electrons. The molecule has 1 aromatic carbocycles. The Morgan fingerprint density at radius 2 is 2.31 bits per heavy atom. The standard InChI is InChI=1S/C15H20O/c1-16-15-9-5-8-14(12-15)11-10-13-6-3-2-4-7-13/h3,5-6,8-9,12-13H,2,4,7,10-11H2,1H3. The van der Waals surface area contributed by atoms with E-state index in [0.717, 1.165) is 18.1 Å². The first-order valence-electron chi connectivity index (χ1n) is 6.18. The Kier molecular flexibility index (Phi) is 4.03. The highest BCUT2D eigenvalue weighted by Gasteiger charge is 2.08. The van der Waals surface area contributed by atoms with Crippen LogP contribution in [0.2, 0.25) is 0 Å². The average molecular weight is 216 g/mol. The maximum Gasteiger partial charge on any atom is 0.119 e. The lowest BCUT2D eigenvalue weighted by Gasteiger charge is -2.16. The summed E-state index contributed by atoms with van der Waals surface area (Å²) in [4.78, 5) is 0. The van der Waals surface area contributed by atoms with E-state index in [0.29, 0.717) is 0 Å². The molecule has 0 saturated carbocycles. The first-order chi connectivity index (χ1) is 7.88. The number of methoxy groups -OCH3 is 1. The molecule has 1 aromatic rings. The van der Waals surface area contributed by atoms with Gasteiger partial charge in [0.05, 0.1) is 7.11 Å². The zero-order chi connectivity index (χ0) is 11.2. The Bertz CT molecular complexity index is 354. The van der Waals surface area contributed by atoms with E-state index in [-0.39, 0.29) is 0 Å². The van der Waals surface area contributed by atoms with Crippen molar-refractivity contribution in [3.8, 4) is 5.75 Å². The van der Waals surface area contributed by atoms with Crippen LogP contribution < -0.4 is 4.74 Å². The van der Waals surface area contributed by atoms with Crippen molar-refractivity contribution in [1.29, 1.82) is 0 Å². The highest BCUT2D eigenvalue weighted by atomic mass is 16.5. The average Bonchev–Trinajstić information content (AvgIpc) is 2.38. The van der Waals surface area contributed by atoms with Gasteiger partial charge in [-0.25, -0.2) is 0 Å². The molecule has 0 aliphatic heterocycles. The predicted molar refractivity (Wildman–Crippen MR) is 67.8 cm³/mol. The van der Waals surface area contributed by atoms with Crippen molar-refractivity contribution in [2.75, 3.05) is 7.11 Å². The van der Waals surface area contributed by atoms with Gasteiger partial charge in [-0.15, -0.1) is 0 Å². The Balaban J connectivity index is 1.88. The van der Waals surface area contributed by atoms with Crippen LogP contribution >= 0.6 is 0 Å². The Hall–Kier alpha value is -1.24. The van der Waals surface area contributed by atoms with Crippen LogP contribution in [0, 0.1) is 5.92 Å². The third-order valence-electron chi connectivity index (χ3n) is 3.29. The largest absolute Gasteiger partial charge is 0.497 e. The molecule has 0 fully saturated rings. The van der Waals surface area contributed by atoms with Gasteiger partial charge in [0, 0.05) is 0 Å². The second kappa shape index (κ2) is 5.74. The molecule has 16 heavy (non-hydrogen) atoms. The van der Waals surface area contributed by atoms with Gasteiger partial charge in [-0.2, -0.15) is 0 Å². The molecule has 0 radical (unpaired) electrons. The molecule has 0 aromatic heterocycles. The van der Waals surface area contributed by atoms with Crippen molar-refractivity contribution in [2.45, 2.75) is 32.1 Å². The van der Waals surface area contributed by atoms with Crippen LogP contribution in [0.25, 0.3) is 0 Å². The minimum Gasteiger partial charge on any atom is -0.497 e. The number of benzene rings is 1. The quantitative estimate of drug-likeness (QED) is 0.692. The van der Waals surface area contributed by atoms with Gasteiger partial charge in [0.15, 0.2) is 0 Å². The van der Waals surface area contributed by atoms with Crippen molar-refractivity contribution in [2.24, 2.45) is 5.92 Å². The van der Waals surface area contributed by atoms with Gasteiger partial charge in [0.2, 0.25) is 0 Å². The summed E-state index contributed by atoms with van der Waals surface area (Å²) in [5, 5.41) is 0. The summed E-state index contributed by atoms with van der Waals surface area (Å²) in [5.41, 5.74) is 1.39. The first kappa shape index (κ1) is 11.3. The number of aryl methyl sites for hydroxylation is 1. The summed E-state index contributed by atoms with van der Waals surface area (Å²) in [7, 11) is 1.73. The van der Waals surface area contributed by atoms with Crippen LogP contribution in [0.1, 0.15) is 31.2 Å². The minimum absolute atomic E-state index is 0.792. The van der Waals surface area contributed by atoms with E-state index in [9.17, 15) is 0 Å². The number of hydrogen-bond donors (Lipinski definition) is 0. The van der Waals surface area contributed by atoms with E-state index in [2.05, 4.69) is 30.4 Å². The summed E-state index contributed by atoms with van der Waals surface area (Å²) in [5.74, 6) is 1.76. The van der Waals surface area contributed by atoms with Gasteiger partial charge in [-0.3, -0.25) is 0 Å². The molecule has 2 rings (SSSR count). The molecule has 1 atom stereocenters. The predicted octanol–water partition coefficient (Wildman–Crippen LogP) is 3.98. The van der Waals surface area contributed by atoms with Crippen molar-refractivity contribution in [3.63, 3.8) is 0 Å². The van der Waals surface area contributed by atoms with Crippen LogP contribution in [0.3, 0.4) is 0 Å². The van der Waals surface area contributed by atoms with Gasteiger partial charge in [0.1, 0.15) is 5.75 Å². The third kappa shape index (κ3) is 3.13.